The van der Waals surface area contributed by atoms with Crippen LogP contribution in [0.3, 0.4) is 0 Å². The topological polar surface area (TPSA) is 33.7 Å². The fraction of sp³-hybridized carbons (Fsp3) is 0.625. The van der Waals surface area contributed by atoms with E-state index in [0.717, 1.165) is 26.2 Å². The van der Waals surface area contributed by atoms with Gasteiger partial charge in [0.2, 0.25) is 0 Å². The third-order valence-electron chi connectivity index (χ3n) is 3.40. The van der Waals surface area contributed by atoms with Crippen LogP contribution in [-0.4, -0.2) is 58.5 Å². The standard InChI is InChI=1S/C16H27FN2O2/c1-4-18-16(14-7-5-6-8-15(14)17)13-19(9-11-20-2)10-12-21-3/h5-8,16,18H,4,9-13H2,1-3H3. The van der Waals surface area contributed by atoms with Gasteiger partial charge in [-0.25, -0.2) is 4.39 Å². The van der Waals surface area contributed by atoms with Crippen LogP contribution in [0.1, 0.15) is 18.5 Å². The van der Waals surface area contributed by atoms with Gasteiger partial charge in [-0.2, -0.15) is 0 Å². The van der Waals surface area contributed by atoms with Crippen molar-refractivity contribution in [2.45, 2.75) is 13.0 Å². The van der Waals surface area contributed by atoms with Gasteiger partial charge < -0.3 is 14.8 Å². The number of methoxy groups -OCH3 is 2. The number of hydrogen-bond acceptors (Lipinski definition) is 4. The SMILES string of the molecule is CCNC(CN(CCOC)CCOC)c1ccccc1F. The van der Waals surface area contributed by atoms with Crippen LogP contribution < -0.4 is 5.32 Å². The number of likely N-dealkylation sites (N-methyl/N-ethyl adjacent to an activating group) is 1. The molecule has 1 aromatic carbocycles. The summed E-state index contributed by atoms with van der Waals surface area (Å²) in [5.41, 5.74) is 0.708. The van der Waals surface area contributed by atoms with Crippen molar-refractivity contribution in [2.24, 2.45) is 0 Å². The highest BCUT2D eigenvalue weighted by atomic mass is 19.1. The molecule has 1 rings (SSSR count). The molecule has 1 aromatic rings. The van der Waals surface area contributed by atoms with E-state index in [4.69, 9.17) is 9.47 Å². The van der Waals surface area contributed by atoms with Crippen LogP contribution >= 0.6 is 0 Å². The molecule has 0 aromatic heterocycles. The van der Waals surface area contributed by atoms with Gasteiger partial charge in [0.05, 0.1) is 13.2 Å². The van der Waals surface area contributed by atoms with Crippen molar-refractivity contribution < 1.29 is 13.9 Å². The smallest absolute Gasteiger partial charge is 0.128 e. The Balaban J connectivity index is 2.75. The maximum atomic E-state index is 14.0. The molecular formula is C16H27FN2O2. The van der Waals surface area contributed by atoms with Crippen LogP contribution in [0.15, 0.2) is 24.3 Å². The van der Waals surface area contributed by atoms with Gasteiger partial charge in [0, 0.05) is 45.5 Å². The van der Waals surface area contributed by atoms with Gasteiger partial charge in [-0.1, -0.05) is 25.1 Å². The minimum absolute atomic E-state index is 0.0371. The molecule has 1 atom stereocenters. The fourth-order valence-electron chi connectivity index (χ4n) is 2.27. The average molecular weight is 298 g/mol. The number of halogens is 1. The third-order valence-corrected chi connectivity index (χ3v) is 3.40. The zero-order valence-corrected chi connectivity index (χ0v) is 13.3. The molecule has 0 aliphatic heterocycles. The molecule has 0 fully saturated rings. The maximum Gasteiger partial charge on any atom is 0.128 e. The largest absolute Gasteiger partial charge is 0.383 e. The molecular weight excluding hydrogens is 271 g/mol. The molecule has 1 unspecified atom stereocenters. The van der Waals surface area contributed by atoms with Gasteiger partial charge in [0.25, 0.3) is 0 Å². The lowest BCUT2D eigenvalue weighted by Crippen LogP contribution is -2.39. The lowest BCUT2D eigenvalue weighted by molar-refractivity contribution is 0.107. The Morgan fingerprint density at radius 3 is 2.29 bits per heavy atom. The second kappa shape index (κ2) is 10.7. The van der Waals surface area contributed by atoms with E-state index >= 15 is 0 Å². The number of nitrogens with zero attached hydrogens (tertiary/aromatic N) is 1. The van der Waals surface area contributed by atoms with Crippen molar-refractivity contribution in [1.29, 1.82) is 0 Å². The Morgan fingerprint density at radius 2 is 1.76 bits per heavy atom. The predicted molar refractivity (Wildman–Crippen MR) is 83.0 cm³/mol. The van der Waals surface area contributed by atoms with E-state index in [1.807, 2.05) is 19.1 Å². The van der Waals surface area contributed by atoms with E-state index in [9.17, 15) is 4.39 Å². The third kappa shape index (κ3) is 6.52. The number of benzene rings is 1. The number of ether oxygens (including phenoxy) is 2. The van der Waals surface area contributed by atoms with Crippen LogP contribution in [0, 0.1) is 5.82 Å². The monoisotopic (exact) mass is 298 g/mol. The van der Waals surface area contributed by atoms with Gasteiger partial charge in [-0.3, -0.25) is 4.90 Å². The van der Waals surface area contributed by atoms with Crippen LogP contribution in [-0.2, 0) is 9.47 Å². The maximum absolute atomic E-state index is 14.0. The van der Waals surface area contributed by atoms with Crippen molar-refractivity contribution in [3.63, 3.8) is 0 Å². The summed E-state index contributed by atoms with van der Waals surface area (Å²) in [5, 5.41) is 3.36. The first-order valence-electron chi connectivity index (χ1n) is 7.41. The van der Waals surface area contributed by atoms with E-state index in [1.54, 1.807) is 20.3 Å². The molecule has 21 heavy (non-hydrogen) atoms. The first-order chi connectivity index (χ1) is 10.2. The number of nitrogens with one attached hydrogen (secondary N) is 1. The first-order valence-corrected chi connectivity index (χ1v) is 7.41. The van der Waals surface area contributed by atoms with Crippen LogP contribution in [0.5, 0.6) is 0 Å². The van der Waals surface area contributed by atoms with Gasteiger partial charge in [0.1, 0.15) is 5.82 Å². The summed E-state index contributed by atoms with van der Waals surface area (Å²) in [4.78, 5) is 2.23. The summed E-state index contributed by atoms with van der Waals surface area (Å²) in [5.74, 6) is -0.165. The van der Waals surface area contributed by atoms with Crippen LogP contribution in [0.4, 0.5) is 4.39 Å². The molecule has 120 valence electrons. The van der Waals surface area contributed by atoms with Crippen molar-refractivity contribution in [3.8, 4) is 0 Å². The quantitative estimate of drug-likeness (QED) is 0.678. The molecule has 0 spiro atoms. The van der Waals surface area contributed by atoms with Crippen LogP contribution in [0.2, 0.25) is 0 Å². The zero-order chi connectivity index (χ0) is 15.5. The van der Waals surface area contributed by atoms with E-state index in [-0.39, 0.29) is 11.9 Å². The summed E-state index contributed by atoms with van der Waals surface area (Å²) in [7, 11) is 3.38. The van der Waals surface area contributed by atoms with Gasteiger partial charge >= 0.3 is 0 Å². The van der Waals surface area contributed by atoms with Gasteiger partial charge in [0.15, 0.2) is 0 Å². The second-order valence-electron chi connectivity index (χ2n) is 4.92. The molecule has 0 saturated heterocycles. The Morgan fingerprint density at radius 1 is 1.14 bits per heavy atom. The van der Waals surface area contributed by atoms with E-state index in [1.165, 1.54) is 6.07 Å². The van der Waals surface area contributed by atoms with Gasteiger partial charge in [-0.05, 0) is 12.6 Å². The molecule has 0 aliphatic carbocycles. The van der Waals surface area contributed by atoms with Crippen molar-refractivity contribution in [1.82, 2.24) is 10.2 Å². The lowest BCUT2D eigenvalue weighted by atomic mass is 10.1. The molecule has 0 saturated carbocycles. The summed E-state index contributed by atoms with van der Waals surface area (Å²) in [6.45, 7) is 6.46. The summed E-state index contributed by atoms with van der Waals surface area (Å²) in [6.07, 6.45) is 0. The summed E-state index contributed by atoms with van der Waals surface area (Å²) >= 11 is 0. The Hall–Kier alpha value is -1.01. The molecule has 0 radical (unpaired) electrons. The molecule has 0 bridgehead atoms. The minimum Gasteiger partial charge on any atom is -0.383 e. The van der Waals surface area contributed by atoms with Crippen LogP contribution in [0.25, 0.3) is 0 Å². The number of rotatable bonds is 11. The first kappa shape index (κ1) is 18.0. The van der Waals surface area contributed by atoms with Crippen molar-refractivity contribution >= 4 is 0 Å². The number of hydrogen-bond donors (Lipinski definition) is 1. The molecule has 5 heteroatoms. The zero-order valence-electron chi connectivity index (χ0n) is 13.3. The fourth-order valence-corrected chi connectivity index (χ4v) is 2.27. The Labute approximate surface area is 127 Å². The molecule has 0 aliphatic rings. The normalized spacial score (nSPS) is 12.8. The Bertz CT molecular complexity index is 382. The molecule has 0 heterocycles. The molecule has 0 amide bonds. The highest BCUT2D eigenvalue weighted by molar-refractivity contribution is 5.21. The molecule has 1 N–H and O–H groups in total. The van der Waals surface area contributed by atoms with E-state index < -0.39 is 0 Å². The summed E-state index contributed by atoms with van der Waals surface area (Å²) < 4.78 is 24.3. The minimum atomic E-state index is -0.165. The van der Waals surface area contributed by atoms with Crippen molar-refractivity contribution in [3.05, 3.63) is 35.6 Å². The lowest BCUT2D eigenvalue weighted by Gasteiger charge is -2.28. The van der Waals surface area contributed by atoms with E-state index in [2.05, 4.69) is 10.2 Å². The molecule has 4 nitrogen and oxygen atoms in total. The highest BCUT2D eigenvalue weighted by Crippen LogP contribution is 2.18. The van der Waals surface area contributed by atoms with E-state index in [0.29, 0.717) is 18.8 Å². The highest BCUT2D eigenvalue weighted by Gasteiger charge is 2.18. The second-order valence-corrected chi connectivity index (χ2v) is 4.92. The Kier molecular flexibility index (Phi) is 9.17. The van der Waals surface area contributed by atoms with Gasteiger partial charge in [-0.15, -0.1) is 0 Å². The summed E-state index contributed by atoms with van der Waals surface area (Å²) in [6, 6.07) is 6.90. The average Bonchev–Trinajstić information content (AvgIpc) is 2.49. The van der Waals surface area contributed by atoms with Crippen molar-refractivity contribution in [2.75, 3.05) is 53.6 Å². The predicted octanol–water partition coefficient (Wildman–Crippen LogP) is 2.07.